The van der Waals surface area contributed by atoms with E-state index < -0.39 is 5.97 Å². The normalized spacial score (nSPS) is 12.5. The number of hydrogen-bond acceptors (Lipinski definition) is 5. The van der Waals surface area contributed by atoms with Crippen LogP contribution in [0.15, 0.2) is 0 Å². The van der Waals surface area contributed by atoms with Crippen molar-refractivity contribution in [3.05, 3.63) is 11.6 Å². The van der Waals surface area contributed by atoms with Gasteiger partial charge in [0.15, 0.2) is 0 Å². The molecule has 1 heterocycles. The summed E-state index contributed by atoms with van der Waals surface area (Å²) in [5, 5.41) is 7.84. The molecule has 0 N–H and O–H groups in total. The second kappa shape index (κ2) is 6.64. The Kier molecular flexibility index (Phi) is 5.47. The Balaban J connectivity index is 2.89. The smallest absolute Gasteiger partial charge is 0.376 e. The maximum Gasteiger partial charge on any atom is 0.376 e. The molecule has 0 spiro atoms. The average Bonchev–Trinajstić information content (AvgIpc) is 2.68. The predicted octanol–water partition coefficient (Wildman–Crippen LogP) is 2.08. The Bertz CT molecular complexity index is 379. The molecule has 0 bridgehead atoms. The summed E-state index contributed by atoms with van der Waals surface area (Å²) < 4.78 is 6.82. The van der Waals surface area contributed by atoms with Crippen molar-refractivity contribution in [1.82, 2.24) is 14.8 Å². The number of nitrogens with zero attached hydrogens (tertiary/aromatic N) is 3. The summed E-state index contributed by atoms with van der Waals surface area (Å²) in [6, 6.07) is 0.189. The van der Waals surface area contributed by atoms with E-state index in [9.17, 15) is 4.79 Å². The molecule has 0 aliphatic heterocycles. The predicted molar refractivity (Wildman–Crippen MR) is 68.4 cm³/mol. The molecular formula is C11H19N3O2S. The number of aromatic nitrogens is 3. The third kappa shape index (κ3) is 3.46. The first-order valence-corrected chi connectivity index (χ1v) is 6.93. The van der Waals surface area contributed by atoms with Crippen LogP contribution in [-0.2, 0) is 4.74 Å². The van der Waals surface area contributed by atoms with Crippen LogP contribution in [0.4, 0.5) is 0 Å². The quantitative estimate of drug-likeness (QED) is 0.730. The van der Waals surface area contributed by atoms with E-state index in [2.05, 4.69) is 24.0 Å². The maximum absolute atomic E-state index is 11.7. The highest BCUT2D eigenvalue weighted by molar-refractivity contribution is 7.99. The minimum atomic E-state index is -0.401. The van der Waals surface area contributed by atoms with Crippen molar-refractivity contribution in [3.8, 4) is 0 Å². The van der Waals surface area contributed by atoms with Crippen LogP contribution < -0.4 is 0 Å². The van der Waals surface area contributed by atoms with Gasteiger partial charge in [0.1, 0.15) is 5.82 Å². The monoisotopic (exact) mass is 257 g/mol. The van der Waals surface area contributed by atoms with Crippen LogP contribution in [0.1, 0.15) is 43.3 Å². The molecule has 0 aromatic carbocycles. The zero-order chi connectivity index (χ0) is 12.8. The van der Waals surface area contributed by atoms with E-state index >= 15 is 0 Å². The van der Waals surface area contributed by atoms with Crippen LogP contribution in [0.3, 0.4) is 0 Å². The molecular weight excluding hydrogens is 238 g/mol. The molecule has 0 aliphatic rings. The van der Waals surface area contributed by atoms with Crippen LogP contribution in [0.25, 0.3) is 0 Å². The molecule has 5 nitrogen and oxygen atoms in total. The maximum atomic E-state index is 11.7. The third-order valence-corrected chi connectivity index (χ3v) is 3.45. The number of aryl methyl sites for hydroxylation is 1. The summed E-state index contributed by atoms with van der Waals surface area (Å²) >= 11 is 1.83. The lowest BCUT2D eigenvalue weighted by Gasteiger charge is -2.15. The number of hydrogen-bond donors (Lipinski definition) is 0. The summed E-state index contributed by atoms with van der Waals surface area (Å²) in [5.74, 6) is 2.63. The lowest BCUT2D eigenvalue weighted by Crippen LogP contribution is -2.18. The molecule has 0 fully saturated rings. The van der Waals surface area contributed by atoms with Gasteiger partial charge >= 0.3 is 5.97 Å². The van der Waals surface area contributed by atoms with Crippen molar-refractivity contribution in [2.24, 2.45) is 0 Å². The molecule has 96 valence electrons. The Hall–Kier alpha value is -1.04. The second-order valence-electron chi connectivity index (χ2n) is 3.67. The molecule has 1 rings (SSSR count). The van der Waals surface area contributed by atoms with Crippen molar-refractivity contribution < 1.29 is 9.53 Å². The largest absolute Gasteiger partial charge is 0.460 e. The van der Waals surface area contributed by atoms with Gasteiger partial charge in [0.05, 0.1) is 6.61 Å². The summed E-state index contributed by atoms with van der Waals surface area (Å²) in [6.45, 7) is 8.15. The minimum absolute atomic E-state index is 0.189. The molecule has 1 atom stereocenters. The number of thioether (sulfide) groups is 1. The molecule has 0 amide bonds. The molecule has 0 saturated heterocycles. The molecule has 1 aromatic heterocycles. The Morgan fingerprint density at radius 2 is 2.18 bits per heavy atom. The van der Waals surface area contributed by atoms with Gasteiger partial charge in [-0.2, -0.15) is 11.8 Å². The van der Waals surface area contributed by atoms with Gasteiger partial charge in [-0.15, -0.1) is 10.2 Å². The van der Waals surface area contributed by atoms with E-state index in [1.54, 1.807) is 6.92 Å². The van der Waals surface area contributed by atoms with Gasteiger partial charge < -0.3 is 9.30 Å². The van der Waals surface area contributed by atoms with Gasteiger partial charge in [-0.25, -0.2) is 4.79 Å². The van der Waals surface area contributed by atoms with Gasteiger partial charge in [-0.1, -0.05) is 6.92 Å². The molecule has 0 saturated carbocycles. The fourth-order valence-corrected chi connectivity index (χ4v) is 2.32. The van der Waals surface area contributed by atoms with E-state index in [1.165, 1.54) is 0 Å². The molecule has 17 heavy (non-hydrogen) atoms. The fraction of sp³-hybridized carbons (Fsp3) is 0.727. The molecule has 1 aromatic rings. The SMILES string of the molecule is CCOC(=O)c1nnc(C)n1C(C)CSCC. The van der Waals surface area contributed by atoms with Crippen molar-refractivity contribution in [2.75, 3.05) is 18.1 Å². The molecule has 1 unspecified atom stereocenters. The summed E-state index contributed by atoms with van der Waals surface area (Å²) in [4.78, 5) is 11.7. The summed E-state index contributed by atoms with van der Waals surface area (Å²) in [5.41, 5.74) is 0. The summed E-state index contributed by atoms with van der Waals surface area (Å²) in [7, 11) is 0. The van der Waals surface area contributed by atoms with Crippen LogP contribution in [0, 0.1) is 6.92 Å². The van der Waals surface area contributed by atoms with Crippen molar-refractivity contribution in [3.63, 3.8) is 0 Å². The second-order valence-corrected chi connectivity index (χ2v) is 4.99. The highest BCUT2D eigenvalue weighted by atomic mass is 32.2. The van der Waals surface area contributed by atoms with E-state index in [-0.39, 0.29) is 6.04 Å². The van der Waals surface area contributed by atoms with E-state index in [4.69, 9.17) is 4.74 Å². The van der Waals surface area contributed by atoms with Crippen molar-refractivity contribution >= 4 is 17.7 Å². The van der Waals surface area contributed by atoms with Gasteiger partial charge in [-0.3, -0.25) is 0 Å². The Morgan fingerprint density at radius 1 is 1.47 bits per heavy atom. The first kappa shape index (κ1) is 14.0. The third-order valence-electron chi connectivity index (χ3n) is 2.33. The number of carbonyl (C=O) groups is 1. The summed E-state index contributed by atoms with van der Waals surface area (Å²) in [6.07, 6.45) is 0. The number of carbonyl (C=O) groups excluding carboxylic acids is 1. The van der Waals surface area contributed by atoms with Crippen LogP contribution in [-0.4, -0.2) is 38.8 Å². The Labute approximate surface area is 106 Å². The van der Waals surface area contributed by atoms with E-state index in [0.29, 0.717) is 12.4 Å². The first-order valence-electron chi connectivity index (χ1n) is 5.78. The Morgan fingerprint density at radius 3 is 2.76 bits per heavy atom. The highest BCUT2D eigenvalue weighted by Gasteiger charge is 2.21. The zero-order valence-corrected chi connectivity index (χ0v) is 11.6. The van der Waals surface area contributed by atoms with Gasteiger partial charge in [-0.05, 0) is 26.5 Å². The average molecular weight is 257 g/mol. The van der Waals surface area contributed by atoms with Gasteiger partial charge in [0.2, 0.25) is 5.82 Å². The van der Waals surface area contributed by atoms with Crippen molar-refractivity contribution in [2.45, 2.75) is 33.7 Å². The van der Waals surface area contributed by atoms with Gasteiger partial charge in [0, 0.05) is 11.8 Å². The van der Waals surface area contributed by atoms with E-state index in [1.807, 2.05) is 23.3 Å². The molecule has 6 heteroatoms. The topological polar surface area (TPSA) is 57.0 Å². The first-order chi connectivity index (χ1) is 8.11. The number of ether oxygens (including phenoxy) is 1. The highest BCUT2D eigenvalue weighted by Crippen LogP contribution is 2.17. The van der Waals surface area contributed by atoms with E-state index in [0.717, 1.165) is 17.3 Å². The van der Waals surface area contributed by atoms with Crippen LogP contribution in [0.5, 0.6) is 0 Å². The number of rotatable bonds is 6. The van der Waals surface area contributed by atoms with Crippen LogP contribution in [0.2, 0.25) is 0 Å². The van der Waals surface area contributed by atoms with Crippen LogP contribution >= 0.6 is 11.8 Å². The van der Waals surface area contributed by atoms with Gasteiger partial charge in [0.25, 0.3) is 0 Å². The lowest BCUT2D eigenvalue weighted by molar-refractivity contribution is 0.0504. The fourth-order valence-electron chi connectivity index (χ4n) is 1.59. The molecule has 0 radical (unpaired) electrons. The lowest BCUT2D eigenvalue weighted by atomic mass is 10.3. The number of esters is 1. The zero-order valence-electron chi connectivity index (χ0n) is 10.8. The molecule has 0 aliphatic carbocycles. The minimum Gasteiger partial charge on any atom is -0.460 e. The standard InChI is InChI=1S/C11H19N3O2S/c1-5-16-11(15)10-13-12-9(4)14(10)8(3)7-17-6-2/h8H,5-7H2,1-4H3. The van der Waals surface area contributed by atoms with Crippen molar-refractivity contribution in [1.29, 1.82) is 0 Å².